The average molecular weight is 286 g/mol. The predicted octanol–water partition coefficient (Wildman–Crippen LogP) is 1.48. The van der Waals surface area contributed by atoms with E-state index in [0.29, 0.717) is 42.0 Å². The highest BCUT2D eigenvalue weighted by molar-refractivity contribution is 6.00. The molecule has 1 aliphatic rings. The summed E-state index contributed by atoms with van der Waals surface area (Å²) >= 11 is 0. The van der Waals surface area contributed by atoms with E-state index < -0.39 is 0 Å². The average Bonchev–Trinajstić information content (AvgIpc) is 2.93. The monoisotopic (exact) mass is 286 g/mol. The molecule has 1 amide bonds. The molecule has 0 spiro atoms. The molecule has 1 unspecified atom stereocenters. The summed E-state index contributed by atoms with van der Waals surface area (Å²) in [6, 6.07) is 7.67. The number of aromatic nitrogens is 2. The van der Waals surface area contributed by atoms with Gasteiger partial charge in [0.1, 0.15) is 0 Å². The van der Waals surface area contributed by atoms with Crippen molar-refractivity contribution in [2.24, 2.45) is 0 Å². The van der Waals surface area contributed by atoms with Crippen LogP contribution in [0, 0.1) is 6.92 Å². The summed E-state index contributed by atoms with van der Waals surface area (Å²) in [5.41, 5.74) is 1.30. The van der Waals surface area contributed by atoms with E-state index in [4.69, 9.17) is 4.52 Å². The van der Waals surface area contributed by atoms with Gasteiger partial charge in [0.05, 0.1) is 11.1 Å². The van der Waals surface area contributed by atoms with E-state index in [0.717, 1.165) is 6.54 Å². The summed E-state index contributed by atoms with van der Waals surface area (Å²) in [5, 5.41) is 7.13. The number of piperazine rings is 1. The normalized spacial score (nSPS) is 18.8. The lowest BCUT2D eigenvalue weighted by Crippen LogP contribution is -2.51. The maximum atomic E-state index is 12.8. The summed E-state index contributed by atoms with van der Waals surface area (Å²) in [6.07, 6.45) is 0. The highest BCUT2D eigenvalue weighted by Crippen LogP contribution is 2.23. The molecule has 0 saturated carbocycles. The van der Waals surface area contributed by atoms with Crippen molar-refractivity contribution in [3.63, 3.8) is 0 Å². The Morgan fingerprint density at radius 3 is 2.95 bits per heavy atom. The van der Waals surface area contributed by atoms with Crippen LogP contribution in [0.25, 0.3) is 11.5 Å². The van der Waals surface area contributed by atoms with Crippen LogP contribution in [0.4, 0.5) is 0 Å². The molecule has 1 N–H and O–H groups in total. The van der Waals surface area contributed by atoms with Gasteiger partial charge in [0.25, 0.3) is 11.8 Å². The number of hydrogen-bond acceptors (Lipinski definition) is 5. The Hall–Kier alpha value is -2.21. The Bertz CT molecular complexity index is 653. The van der Waals surface area contributed by atoms with Crippen molar-refractivity contribution < 1.29 is 9.32 Å². The fraction of sp³-hybridized carbons (Fsp3) is 0.400. The number of benzene rings is 1. The zero-order chi connectivity index (χ0) is 14.8. The summed E-state index contributed by atoms with van der Waals surface area (Å²) in [7, 11) is 0. The van der Waals surface area contributed by atoms with Gasteiger partial charge in [0.15, 0.2) is 5.82 Å². The fourth-order valence-electron chi connectivity index (χ4n) is 2.55. The van der Waals surface area contributed by atoms with Crippen LogP contribution in [0.1, 0.15) is 23.1 Å². The number of nitrogens with zero attached hydrogens (tertiary/aromatic N) is 3. The number of carbonyl (C=O) groups excluding carboxylic acids is 1. The van der Waals surface area contributed by atoms with Crippen molar-refractivity contribution in [3.05, 3.63) is 35.7 Å². The number of hydrogen-bond donors (Lipinski definition) is 1. The van der Waals surface area contributed by atoms with E-state index in [2.05, 4.69) is 22.4 Å². The lowest BCUT2D eigenvalue weighted by Gasteiger charge is -2.32. The highest BCUT2D eigenvalue weighted by atomic mass is 16.5. The smallest absolute Gasteiger partial charge is 0.258 e. The van der Waals surface area contributed by atoms with Crippen molar-refractivity contribution in [1.29, 1.82) is 0 Å². The molecule has 3 rings (SSSR count). The Labute approximate surface area is 123 Å². The van der Waals surface area contributed by atoms with Crippen LogP contribution in [-0.2, 0) is 0 Å². The van der Waals surface area contributed by atoms with Gasteiger partial charge in [0, 0.05) is 25.7 Å². The molecule has 2 heterocycles. The second-order valence-corrected chi connectivity index (χ2v) is 5.30. The van der Waals surface area contributed by atoms with Crippen molar-refractivity contribution in [2.75, 3.05) is 19.6 Å². The maximum Gasteiger partial charge on any atom is 0.258 e. The molecule has 2 aromatic rings. The van der Waals surface area contributed by atoms with Crippen LogP contribution in [0.3, 0.4) is 0 Å². The molecule has 1 saturated heterocycles. The Morgan fingerprint density at radius 1 is 1.43 bits per heavy atom. The molecule has 0 aliphatic carbocycles. The van der Waals surface area contributed by atoms with Crippen LogP contribution >= 0.6 is 0 Å². The number of nitrogens with one attached hydrogen (secondary N) is 1. The lowest BCUT2D eigenvalue weighted by atomic mass is 10.1. The number of amides is 1. The van der Waals surface area contributed by atoms with Gasteiger partial charge in [-0.1, -0.05) is 17.3 Å². The second kappa shape index (κ2) is 5.65. The minimum absolute atomic E-state index is 0.00908. The molecule has 6 nitrogen and oxygen atoms in total. The quantitative estimate of drug-likeness (QED) is 0.905. The van der Waals surface area contributed by atoms with Gasteiger partial charge >= 0.3 is 0 Å². The SMILES string of the molecule is Cc1noc(-c2ccccc2C(=O)N2CCNC(C)C2)n1. The number of aryl methyl sites for hydroxylation is 1. The molecule has 1 aliphatic heterocycles. The summed E-state index contributed by atoms with van der Waals surface area (Å²) in [5.74, 6) is 0.956. The first-order chi connectivity index (χ1) is 10.1. The molecule has 110 valence electrons. The standard InChI is InChI=1S/C15H18N4O2/c1-10-9-19(8-7-16-10)15(20)13-6-4-3-5-12(13)14-17-11(2)18-21-14/h3-6,10,16H,7-9H2,1-2H3. The third kappa shape index (κ3) is 2.80. The molecule has 0 bridgehead atoms. The third-order valence-electron chi connectivity index (χ3n) is 3.57. The largest absolute Gasteiger partial charge is 0.336 e. The van der Waals surface area contributed by atoms with E-state index >= 15 is 0 Å². The number of carbonyl (C=O) groups is 1. The zero-order valence-electron chi connectivity index (χ0n) is 12.2. The third-order valence-corrected chi connectivity index (χ3v) is 3.57. The molecule has 1 aromatic carbocycles. The molecule has 1 atom stereocenters. The predicted molar refractivity (Wildman–Crippen MR) is 77.8 cm³/mol. The topological polar surface area (TPSA) is 71.3 Å². The van der Waals surface area contributed by atoms with E-state index in [9.17, 15) is 4.79 Å². The first-order valence-electron chi connectivity index (χ1n) is 7.07. The van der Waals surface area contributed by atoms with Crippen LogP contribution in [0.5, 0.6) is 0 Å². The van der Waals surface area contributed by atoms with Crippen molar-refractivity contribution in [1.82, 2.24) is 20.4 Å². The van der Waals surface area contributed by atoms with Crippen LogP contribution in [-0.4, -0.2) is 46.6 Å². The minimum atomic E-state index is 0.00908. The van der Waals surface area contributed by atoms with E-state index in [1.54, 1.807) is 6.92 Å². The molecule has 1 aromatic heterocycles. The van der Waals surface area contributed by atoms with Gasteiger partial charge in [0.2, 0.25) is 0 Å². The van der Waals surface area contributed by atoms with Gasteiger partial charge in [-0.2, -0.15) is 4.98 Å². The molecular formula is C15H18N4O2. The summed E-state index contributed by atoms with van der Waals surface area (Å²) in [4.78, 5) is 18.8. The van der Waals surface area contributed by atoms with E-state index in [-0.39, 0.29) is 5.91 Å². The van der Waals surface area contributed by atoms with E-state index in [1.807, 2.05) is 29.2 Å². The van der Waals surface area contributed by atoms with Gasteiger partial charge < -0.3 is 14.7 Å². The molecule has 0 radical (unpaired) electrons. The Morgan fingerprint density at radius 2 is 2.24 bits per heavy atom. The van der Waals surface area contributed by atoms with Gasteiger partial charge in [-0.15, -0.1) is 0 Å². The fourth-order valence-corrected chi connectivity index (χ4v) is 2.55. The van der Waals surface area contributed by atoms with Crippen LogP contribution < -0.4 is 5.32 Å². The number of rotatable bonds is 2. The Balaban J connectivity index is 1.93. The Kier molecular flexibility index (Phi) is 3.70. The highest BCUT2D eigenvalue weighted by Gasteiger charge is 2.25. The molecular weight excluding hydrogens is 268 g/mol. The first kappa shape index (κ1) is 13.8. The van der Waals surface area contributed by atoms with Crippen molar-refractivity contribution >= 4 is 5.91 Å². The van der Waals surface area contributed by atoms with Crippen molar-refractivity contribution in [2.45, 2.75) is 19.9 Å². The van der Waals surface area contributed by atoms with E-state index in [1.165, 1.54) is 0 Å². The zero-order valence-corrected chi connectivity index (χ0v) is 12.2. The second-order valence-electron chi connectivity index (χ2n) is 5.30. The summed E-state index contributed by atoms with van der Waals surface area (Å²) < 4.78 is 5.21. The maximum absolute atomic E-state index is 12.8. The summed E-state index contributed by atoms with van der Waals surface area (Å²) in [6.45, 7) is 6.06. The van der Waals surface area contributed by atoms with Crippen molar-refractivity contribution in [3.8, 4) is 11.5 Å². The van der Waals surface area contributed by atoms with Crippen LogP contribution in [0.15, 0.2) is 28.8 Å². The molecule has 21 heavy (non-hydrogen) atoms. The minimum Gasteiger partial charge on any atom is -0.336 e. The van der Waals surface area contributed by atoms with Gasteiger partial charge in [-0.25, -0.2) is 0 Å². The van der Waals surface area contributed by atoms with Crippen LogP contribution in [0.2, 0.25) is 0 Å². The van der Waals surface area contributed by atoms with Gasteiger partial charge in [-0.3, -0.25) is 4.79 Å². The lowest BCUT2D eigenvalue weighted by molar-refractivity contribution is 0.0709. The first-order valence-corrected chi connectivity index (χ1v) is 7.07. The van der Waals surface area contributed by atoms with Gasteiger partial charge in [-0.05, 0) is 26.0 Å². The molecule has 6 heteroatoms. The molecule has 1 fully saturated rings.